The topological polar surface area (TPSA) is 50.7 Å². The van der Waals surface area contributed by atoms with Crippen LogP contribution >= 0.6 is 22.7 Å². The molecule has 6 heteroatoms. The van der Waals surface area contributed by atoms with E-state index in [1.165, 1.54) is 15.1 Å². The molecular weight excluding hydrogens is 348 g/mol. The van der Waals surface area contributed by atoms with Crippen molar-refractivity contribution < 1.29 is 0 Å². The normalized spacial score (nSPS) is 11.2. The fourth-order valence-corrected chi connectivity index (χ4v) is 4.21. The van der Waals surface area contributed by atoms with Gasteiger partial charge in [0.05, 0.1) is 21.2 Å². The van der Waals surface area contributed by atoms with Crippen LogP contribution in [0, 0.1) is 0 Å². The summed E-state index contributed by atoms with van der Waals surface area (Å²) in [4.78, 5) is 14.5. The zero-order chi connectivity index (χ0) is 16.6. The summed E-state index contributed by atoms with van der Waals surface area (Å²) in [6.07, 6.45) is 1.59. The van der Waals surface area contributed by atoms with E-state index >= 15 is 0 Å². The fraction of sp³-hybridized carbons (Fsp3) is 0. The number of benzene rings is 2. The highest BCUT2D eigenvalue weighted by Crippen LogP contribution is 2.31. The van der Waals surface area contributed by atoms with Gasteiger partial charge in [-0.05, 0) is 47.3 Å². The first-order chi connectivity index (χ1) is 12.4. The Morgan fingerprint density at radius 2 is 1.84 bits per heavy atom. The molecule has 0 fully saturated rings. The summed E-state index contributed by atoms with van der Waals surface area (Å²) in [6, 6.07) is 16.7. The molecule has 0 saturated heterocycles. The predicted molar refractivity (Wildman–Crippen MR) is 106 cm³/mol. The number of anilines is 2. The van der Waals surface area contributed by atoms with Gasteiger partial charge in [0.25, 0.3) is 0 Å². The molecule has 0 atom stereocenters. The highest BCUT2D eigenvalue weighted by molar-refractivity contribution is 7.16. The average molecular weight is 360 g/mol. The summed E-state index contributed by atoms with van der Waals surface area (Å²) < 4.78 is 1.18. The molecule has 5 rings (SSSR count). The molecule has 0 aliphatic rings. The Bertz CT molecular complexity index is 1180. The number of rotatable bonds is 3. The summed E-state index contributed by atoms with van der Waals surface area (Å²) in [5.41, 5.74) is 5.93. The lowest BCUT2D eigenvalue weighted by Crippen LogP contribution is -1.96. The van der Waals surface area contributed by atoms with Crippen molar-refractivity contribution in [1.29, 1.82) is 0 Å². The quantitative estimate of drug-likeness (QED) is 0.447. The van der Waals surface area contributed by atoms with E-state index in [9.17, 15) is 0 Å². The third-order valence-corrected chi connectivity index (χ3v) is 5.76. The van der Waals surface area contributed by atoms with Crippen LogP contribution in [0.5, 0.6) is 0 Å². The van der Waals surface area contributed by atoms with Gasteiger partial charge in [0.1, 0.15) is 12.1 Å². The molecule has 5 aromatic rings. The van der Waals surface area contributed by atoms with Crippen LogP contribution in [0.4, 0.5) is 11.5 Å². The van der Waals surface area contributed by atoms with Crippen molar-refractivity contribution in [2.45, 2.75) is 0 Å². The van der Waals surface area contributed by atoms with E-state index in [4.69, 9.17) is 0 Å². The van der Waals surface area contributed by atoms with Gasteiger partial charge >= 0.3 is 0 Å². The van der Waals surface area contributed by atoms with E-state index in [-0.39, 0.29) is 0 Å². The molecule has 1 N–H and O–H groups in total. The third kappa shape index (κ3) is 2.65. The predicted octanol–water partition coefficient (Wildman–Crippen LogP) is 5.71. The summed E-state index contributed by atoms with van der Waals surface area (Å²) in [7, 11) is 0. The summed E-state index contributed by atoms with van der Waals surface area (Å²) in [5, 5.41) is 6.51. The van der Waals surface area contributed by atoms with Gasteiger partial charge in [0.2, 0.25) is 0 Å². The first kappa shape index (κ1) is 14.5. The van der Waals surface area contributed by atoms with Crippen molar-refractivity contribution in [3.63, 3.8) is 0 Å². The van der Waals surface area contributed by atoms with Crippen LogP contribution in [0.2, 0.25) is 0 Å². The maximum absolute atomic E-state index is 4.46. The molecule has 0 aliphatic carbocycles. The number of thiazole rings is 1. The number of thiophene rings is 1. The smallest absolute Gasteiger partial charge is 0.141 e. The van der Waals surface area contributed by atoms with Crippen molar-refractivity contribution in [3.05, 3.63) is 65.7 Å². The standard InChI is InChI=1S/C19H12N4S2/c1-2-17(24-7-1)12-3-5-15-14(8-12)19(21-10-20-15)23-13-4-6-18-16(9-13)22-11-25-18/h1-11H,(H,20,21,23). The molecule has 2 aromatic carbocycles. The molecule has 0 bridgehead atoms. The van der Waals surface area contributed by atoms with Crippen molar-refractivity contribution >= 4 is 55.3 Å². The molecule has 0 amide bonds. The zero-order valence-corrected chi connectivity index (χ0v) is 14.6. The molecular formula is C19H12N4S2. The molecule has 0 spiro atoms. The Balaban J connectivity index is 1.60. The van der Waals surface area contributed by atoms with E-state index in [1.54, 1.807) is 29.0 Å². The minimum Gasteiger partial charge on any atom is -0.340 e. The van der Waals surface area contributed by atoms with Crippen molar-refractivity contribution in [2.75, 3.05) is 5.32 Å². The molecule has 4 nitrogen and oxygen atoms in total. The second kappa shape index (κ2) is 5.91. The molecule has 25 heavy (non-hydrogen) atoms. The highest BCUT2D eigenvalue weighted by Gasteiger charge is 2.08. The largest absolute Gasteiger partial charge is 0.340 e. The molecule has 0 saturated carbocycles. The first-order valence-electron chi connectivity index (χ1n) is 7.76. The van der Waals surface area contributed by atoms with Gasteiger partial charge in [0, 0.05) is 16.0 Å². The van der Waals surface area contributed by atoms with Crippen molar-refractivity contribution in [2.24, 2.45) is 0 Å². The lowest BCUT2D eigenvalue weighted by molar-refractivity contribution is 1.22. The molecule has 0 radical (unpaired) electrons. The van der Waals surface area contributed by atoms with Gasteiger partial charge in [-0.1, -0.05) is 12.1 Å². The highest BCUT2D eigenvalue weighted by atomic mass is 32.1. The van der Waals surface area contributed by atoms with Crippen LogP contribution in [0.15, 0.2) is 65.7 Å². The van der Waals surface area contributed by atoms with Gasteiger partial charge < -0.3 is 5.32 Å². The van der Waals surface area contributed by atoms with Crippen LogP contribution in [-0.4, -0.2) is 15.0 Å². The minimum atomic E-state index is 0.804. The van der Waals surface area contributed by atoms with Crippen LogP contribution in [0.3, 0.4) is 0 Å². The summed E-state index contributed by atoms with van der Waals surface area (Å²) in [5.74, 6) is 0.804. The van der Waals surface area contributed by atoms with Gasteiger partial charge in [-0.15, -0.1) is 22.7 Å². The van der Waals surface area contributed by atoms with Crippen molar-refractivity contribution in [3.8, 4) is 10.4 Å². The fourth-order valence-electron chi connectivity index (χ4n) is 2.82. The van der Waals surface area contributed by atoms with E-state index < -0.39 is 0 Å². The lowest BCUT2D eigenvalue weighted by atomic mass is 10.1. The first-order valence-corrected chi connectivity index (χ1v) is 9.52. The SMILES string of the molecule is c1csc(-c2ccc3ncnc(Nc4ccc5scnc5c4)c3c2)c1. The van der Waals surface area contributed by atoms with Crippen LogP contribution in [0.1, 0.15) is 0 Å². The Kier molecular flexibility index (Phi) is 3.43. The average Bonchev–Trinajstić information content (AvgIpc) is 3.33. The maximum atomic E-state index is 4.46. The molecule has 120 valence electrons. The monoisotopic (exact) mass is 360 g/mol. The molecule has 3 aromatic heterocycles. The number of hydrogen-bond donors (Lipinski definition) is 1. The Hall–Kier alpha value is -2.83. The lowest BCUT2D eigenvalue weighted by Gasteiger charge is -2.09. The van der Waals surface area contributed by atoms with Gasteiger partial charge in [-0.2, -0.15) is 0 Å². The zero-order valence-electron chi connectivity index (χ0n) is 13.0. The van der Waals surface area contributed by atoms with Crippen molar-refractivity contribution in [1.82, 2.24) is 15.0 Å². The Morgan fingerprint density at radius 3 is 2.76 bits per heavy atom. The second-order valence-corrected chi connectivity index (χ2v) is 7.43. The minimum absolute atomic E-state index is 0.804. The molecule has 3 heterocycles. The number of nitrogens with zero attached hydrogens (tertiary/aromatic N) is 3. The van der Waals surface area contributed by atoms with Gasteiger partial charge in [-0.25, -0.2) is 15.0 Å². The van der Waals surface area contributed by atoms with Crippen LogP contribution < -0.4 is 5.32 Å². The third-order valence-electron chi connectivity index (χ3n) is 4.03. The summed E-state index contributed by atoms with van der Waals surface area (Å²) in [6.45, 7) is 0. The van der Waals surface area contributed by atoms with E-state index in [2.05, 4.69) is 62.0 Å². The number of aromatic nitrogens is 3. The number of nitrogens with one attached hydrogen (secondary N) is 1. The molecule has 0 unspecified atom stereocenters. The second-order valence-electron chi connectivity index (χ2n) is 5.59. The van der Waals surface area contributed by atoms with Gasteiger partial charge in [-0.3, -0.25) is 0 Å². The number of hydrogen-bond acceptors (Lipinski definition) is 6. The van der Waals surface area contributed by atoms with Crippen LogP contribution in [0.25, 0.3) is 31.6 Å². The van der Waals surface area contributed by atoms with E-state index in [1.807, 2.05) is 17.6 Å². The van der Waals surface area contributed by atoms with Crippen LogP contribution in [-0.2, 0) is 0 Å². The van der Waals surface area contributed by atoms with E-state index in [0.717, 1.165) is 27.9 Å². The summed E-state index contributed by atoms with van der Waals surface area (Å²) >= 11 is 3.37. The van der Waals surface area contributed by atoms with Gasteiger partial charge in [0.15, 0.2) is 0 Å². The van der Waals surface area contributed by atoms with E-state index in [0.29, 0.717) is 0 Å². The maximum Gasteiger partial charge on any atom is 0.141 e. The molecule has 0 aliphatic heterocycles. The Morgan fingerprint density at radius 1 is 0.840 bits per heavy atom. The number of fused-ring (bicyclic) bond motifs is 2. The Labute approximate surface area is 151 Å².